The van der Waals surface area contributed by atoms with Crippen LogP contribution < -0.4 is 10.6 Å². The van der Waals surface area contributed by atoms with E-state index in [9.17, 15) is 4.79 Å². The van der Waals surface area contributed by atoms with E-state index in [1.807, 2.05) is 48.5 Å². The van der Waals surface area contributed by atoms with Crippen LogP contribution in [0.5, 0.6) is 0 Å². The van der Waals surface area contributed by atoms with Gasteiger partial charge < -0.3 is 9.73 Å². The lowest BCUT2D eigenvalue weighted by Crippen LogP contribution is -2.38. The Morgan fingerprint density at radius 2 is 1.80 bits per heavy atom. The number of thiocarbonyl (C=S) groups is 1. The van der Waals surface area contributed by atoms with Crippen molar-refractivity contribution >= 4 is 57.5 Å². The Labute approximate surface area is 188 Å². The van der Waals surface area contributed by atoms with Crippen molar-refractivity contribution in [1.82, 2.24) is 15.6 Å². The molecule has 8 heteroatoms. The van der Waals surface area contributed by atoms with E-state index in [1.54, 1.807) is 12.1 Å². The number of rotatable bonds is 4. The molecule has 0 radical (unpaired) electrons. The van der Waals surface area contributed by atoms with Gasteiger partial charge in [0, 0.05) is 17.1 Å². The van der Waals surface area contributed by atoms with Gasteiger partial charge in [-0.3, -0.25) is 10.1 Å². The van der Waals surface area contributed by atoms with E-state index in [0.29, 0.717) is 22.5 Å². The van der Waals surface area contributed by atoms with Crippen molar-refractivity contribution in [3.05, 3.63) is 87.9 Å². The number of hydrogen-bond acceptors (Lipinski definition) is 4. The monoisotopic (exact) mass is 455 g/mol. The van der Waals surface area contributed by atoms with Gasteiger partial charge in [0.05, 0.1) is 10.6 Å². The summed E-state index contributed by atoms with van der Waals surface area (Å²) in [6, 6.07) is 20.0. The zero-order valence-corrected chi connectivity index (χ0v) is 17.8. The summed E-state index contributed by atoms with van der Waals surface area (Å²) >= 11 is 17.2. The number of hydrogen-bond donors (Lipinski definition) is 2. The molecule has 0 unspecified atom stereocenters. The van der Waals surface area contributed by atoms with E-state index in [0.717, 1.165) is 22.2 Å². The number of fused-ring (bicyclic) bond motifs is 1. The van der Waals surface area contributed by atoms with Crippen LogP contribution in [0.1, 0.15) is 15.9 Å². The van der Waals surface area contributed by atoms with Crippen molar-refractivity contribution in [2.75, 3.05) is 0 Å². The second kappa shape index (κ2) is 8.83. The van der Waals surface area contributed by atoms with Crippen LogP contribution in [0.15, 0.2) is 71.1 Å². The summed E-state index contributed by atoms with van der Waals surface area (Å²) in [6.45, 7) is 0.441. The molecule has 30 heavy (non-hydrogen) atoms. The van der Waals surface area contributed by atoms with Gasteiger partial charge in [-0.2, -0.15) is 0 Å². The zero-order valence-electron chi connectivity index (χ0n) is 15.5. The molecule has 1 aromatic heterocycles. The van der Waals surface area contributed by atoms with E-state index in [1.165, 1.54) is 6.07 Å². The van der Waals surface area contributed by atoms with Crippen LogP contribution in [0, 0.1) is 0 Å². The fraction of sp³-hybridized carbons (Fsp3) is 0.0455. The third-order valence-electron chi connectivity index (χ3n) is 4.35. The molecule has 0 saturated carbocycles. The molecule has 0 atom stereocenters. The highest BCUT2D eigenvalue weighted by Crippen LogP contribution is 2.24. The van der Waals surface area contributed by atoms with Gasteiger partial charge in [0.25, 0.3) is 5.91 Å². The van der Waals surface area contributed by atoms with Gasteiger partial charge in [0.2, 0.25) is 5.89 Å². The second-order valence-corrected chi connectivity index (χ2v) is 7.70. The Hall–Kier alpha value is -2.93. The first-order chi connectivity index (χ1) is 14.5. The lowest BCUT2D eigenvalue weighted by Gasteiger charge is -2.11. The highest BCUT2D eigenvalue weighted by Gasteiger charge is 2.13. The van der Waals surface area contributed by atoms with E-state index < -0.39 is 5.91 Å². The number of nitrogens with zero attached hydrogens (tertiary/aromatic N) is 1. The molecule has 0 aliphatic heterocycles. The molecular formula is C22H15Cl2N3O2S. The van der Waals surface area contributed by atoms with Gasteiger partial charge in [-0.1, -0.05) is 47.5 Å². The maximum Gasteiger partial charge on any atom is 0.258 e. The Bertz CT molecular complexity index is 1210. The smallest absolute Gasteiger partial charge is 0.258 e. The fourth-order valence-electron chi connectivity index (χ4n) is 2.83. The summed E-state index contributed by atoms with van der Waals surface area (Å²) in [6.07, 6.45) is 0. The zero-order chi connectivity index (χ0) is 21.1. The van der Waals surface area contributed by atoms with Crippen molar-refractivity contribution in [1.29, 1.82) is 0 Å². The molecule has 0 bridgehead atoms. The Balaban J connectivity index is 1.36. The topological polar surface area (TPSA) is 67.2 Å². The third-order valence-corrected chi connectivity index (χ3v) is 5.16. The highest BCUT2D eigenvalue weighted by atomic mass is 35.5. The molecule has 5 nitrogen and oxygen atoms in total. The Kier molecular flexibility index (Phi) is 5.99. The number of nitrogens with one attached hydrogen (secondary N) is 2. The van der Waals surface area contributed by atoms with Crippen LogP contribution in [0.2, 0.25) is 10.0 Å². The largest absolute Gasteiger partial charge is 0.436 e. The molecule has 0 spiro atoms. The second-order valence-electron chi connectivity index (χ2n) is 6.44. The predicted molar refractivity (Wildman–Crippen MR) is 123 cm³/mol. The minimum absolute atomic E-state index is 0.194. The standard InChI is InChI=1S/C22H15Cl2N3O2S/c23-15-9-10-17(24)16(11-15)20(28)27-22(30)25-12-13-5-7-14(8-6-13)21-26-18-3-1-2-4-19(18)29-21/h1-11H,12H2,(H2,25,27,28,30). The number of aromatic nitrogens is 1. The summed E-state index contributed by atoms with van der Waals surface area (Å²) in [5, 5.41) is 6.51. The van der Waals surface area contributed by atoms with E-state index in [2.05, 4.69) is 15.6 Å². The summed E-state index contributed by atoms with van der Waals surface area (Å²) in [5.74, 6) is 0.142. The molecule has 0 aliphatic rings. The third kappa shape index (κ3) is 4.62. The molecule has 0 aliphatic carbocycles. The minimum Gasteiger partial charge on any atom is -0.436 e. The molecule has 2 N–H and O–H groups in total. The number of carbonyl (C=O) groups excluding carboxylic acids is 1. The van der Waals surface area contributed by atoms with Gasteiger partial charge in [-0.05, 0) is 60.2 Å². The van der Waals surface area contributed by atoms with Gasteiger partial charge in [0.1, 0.15) is 5.52 Å². The van der Waals surface area contributed by atoms with Crippen LogP contribution in [-0.2, 0) is 6.54 Å². The number of halogens is 2. The lowest BCUT2D eigenvalue weighted by molar-refractivity contribution is 0.0977. The van der Waals surface area contributed by atoms with Crippen LogP contribution in [-0.4, -0.2) is 16.0 Å². The predicted octanol–water partition coefficient (Wildman–Crippen LogP) is 5.61. The fourth-order valence-corrected chi connectivity index (χ4v) is 3.37. The molecule has 4 rings (SSSR count). The van der Waals surface area contributed by atoms with Crippen LogP contribution >= 0.6 is 35.4 Å². The lowest BCUT2D eigenvalue weighted by atomic mass is 10.1. The summed E-state index contributed by atoms with van der Waals surface area (Å²) in [5.41, 5.74) is 3.68. The maximum atomic E-state index is 12.3. The number of oxazole rings is 1. The number of para-hydroxylation sites is 2. The van der Waals surface area contributed by atoms with Crippen LogP contribution in [0.3, 0.4) is 0 Å². The average Bonchev–Trinajstić information content (AvgIpc) is 3.18. The molecular weight excluding hydrogens is 441 g/mol. The first-order valence-electron chi connectivity index (χ1n) is 8.99. The Morgan fingerprint density at radius 3 is 2.57 bits per heavy atom. The molecule has 1 heterocycles. The Morgan fingerprint density at radius 1 is 1.03 bits per heavy atom. The quantitative estimate of drug-likeness (QED) is 0.391. The van der Waals surface area contributed by atoms with Crippen molar-refractivity contribution in [3.8, 4) is 11.5 Å². The first kappa shape index (κ1) is 20.3. The molecule has 150 valence electrons. The SMILES string of the molecule is O=C(NC(=S)NCc1ccc(-c2nc3ccccc3o2)cc1)c1cc(Cl)ccc1Cl. The van der Waals surface area contributed by atoms with E-state index in [-0.39, 0.29) is 10.7 Å². The van der Waals surface area contributed by atoms with Crippen LogP contribution in [0.4, 0.5) is 0 Å². The van der Waals surface area contributed by atoms with Gasteiger partial charge in [-0.15, -0.1) is 0 Å². The minimum atomic E-state index is -0.425. The summed E-state index contributed by atoms with van der Waals surface area (Å²) < 4.78 is 5.78. The maximum absolute atomic E-state index is 12.3. The number of benzene rings is 3. The van der Waals surface area contributed by atoms with Gasteiger partial charge >= 0.3 is 0 Å². The summed E-state index contributed by atoms with van der Waals surface area (Å²) in [7, 11) is 0. The molecule has 4 aromatic rings. The number of amides is 1. The van der Waals surface area contributed by atoms with Crippen molar-refractivity contribution in [3.63, 3.8) is 0 Å². The molecule has 1 amide bonds. The average molecular weight is 456 g/mol. The molecule has 0 fully saturated rings. The van der Waals surface area contributed by atoms with E-state index in [4.69, 9.17) is 39.8 Å². The van der Waals surface area contributed by atoms with Gasteiger partial charge in [0.15, 0.2) is 10.7 Å². The number of carbonyl (C=O) groups is 1. The summed E-state index contributed by atoms with van der Waals surface area (Å²) in [4.78, 5) is 16.8. The highest BCUT2D eigenvalue weighted by molar-refractivity contribution is 7.80. The normalized spacial score (nSPS) is 10.7. The van der Waals surface area contributed by atoms with Crippen molar-refractivity contribution in [2.24, 2.45) is 0 Å². The van der Waals surface area contributed by atoms with Crippen LogP contribution in [0.25, 0.3) is 22.6 Å². The molecule has 3 aromatic carbocycles. The molecule has 0 saturated heterocycles. The van der Waals surface area contributed by atoms with E-state index >= 15 is 0 Å². The first-order valence-corrected chi connectivity index (χ1v) is 10.1. The van der Waals surface area contributed by atoms with Gasteiger partial charge in [-0.25, -0.2) is 4.98 Å². The van der Waals surface area contributed by atoms with Crippen molar-refractivity contribution in [2.45, 2.75) is 6.54 Å². The van der Waals surface area contributed by atoms with Crippen molar-refractivity contribution < 1.29 is 9.21 Å².